The number of rotatable bonds is 6. The van der Waals surface area contributed by atoms with E-state index in [-0.39, 0.29) is 11.4 Å². The lowest BCUT2D eigenvalue weighted by molar-refractivity contribution is -0.121. The van der Waals surface area contributed by atoms with E-state index in [4.69, 9.17) is 0 Å². The highest BCUT2D eigenvalue weighted by atomic mass is 32.2. The zero-order chi connectivity index (χ0) is 21.7. The minimum Gasteiger partial charge on any atom is -0.350 e. The number of carbonyl (C=O) groups is 2. The summed E-state index contributed by atoms with van der Waals surface area (Å²) in [5, 5.41) is 2.71. The van der Waals surface area contributed by atoms with Crippen molar-refractivity contribution >= 4 is 22.0 Å². The summed E-state index contributed by atoms with van der Waals surface area (Å²) in [6.45, 7) is 4.50. The van der Waals surface area contributed by atoms with Gasteiger partial charge in [-0.05, 0) is 44.4 Å². The fraction of sp³-hybridized carbons (Fsp3) is 0.364. The molecule has 3 rings (SSSR count). The lowest BCUT2D eigenvalue weighted by Gasteiger charge is -2.27. The van der Waals surface area contributed by atoms with Gasteiger partial charge in [-0.15, -0.1) is 0 Å². The van der Waals surface area contributed by atoms with E-state index in [1.54, 1.807) is 12.1 Å². The first kappa shape index (κ1) is 21.8. The second-order valence-corrected chi connectivity index (χ2v) is 9.43. The van der Waals surface area contributed by atoms with E-state index >= 15 is 0 Å². The molecule has 0 spiro atoms. The Morgan fingerprint density at radius 3 is 2.03 bits per heavy atom. The summed E-state index contributed by atoms with van der Waals surface area (Å²) in [5.74, 6) is -0.529. The number of hydrogen-bond donors (Lipinski definition) is 1. The van der Waals surface area contributed by atoms with Gasteiger partial charge in [0.1, 0.15) is 6.54 Å². The molecule has 1 N–H and O–H groups in total. The van der Waals surface area contributed by atoms with Crippen LogP contribution in [0.2, 0.25) is 0 Å². The zero-order valence-electron chi connectivity index (χ0n) is 17.3. The molecule has 0 saturated carbocycles. The Kier molecular flexibility index (Phi) is 6.77. The molecule has 30 heavy (non-hydrogen) atoms. The van der Waals surface area contributed by atoms with Crippen molar-refractivity contribution in [3.8, 4) is 0 Å². The average molecular weight is 430 g/mol. The predicted molar refractivity (Wildman–Crippen MR) is 114 cm³/mol. The summed E-state index contributed by atoms with van der Waals surface area (Å²) in [7, 11) is -4.16. The molecule has 2 aromatic rings. The van der Waals surface area contributed by atoms with Gasteiger partial charge >= 0.3 is 6.03 Å². The van der Waals surface area contributed by atoms with Gasteiger partial charge in [0, 0.05) is 19.6 Å². The Hall–Kier alpha value is -2.87. The lowest BCUT2D eigenvalue weighted by atomic mass is 10.1. The zero-order valence-corrected chi connectivity index (χ0v) is 18.1. The van der Waals surface area contributed by atoms with E-state index in [2.05, 4.69) is 5.32 Å². The number of amides is 3. The van der Waals surface area contributed by atoms with Crippen molar-refractivity contribution < 1.29 is 18.0 Å². The average Bonchev–Trinajstić information content (AvgIpc) is 3.26. The second-order valence-electron chi connectivity index (χ2n) is 7.56. The van der Waals surface area contributed by atoms with Crippen LogP contribution in [-0.4, -0.2) is 49.2 Å². The van der Waals surface area contributed by atoms with E-state index in [1.807, 2.05) is 38.1 Å². The minimum absolute atomic E-state index is 0.00742. The SMILES string of the molecule is Cc1ccc(CNC(=O)CN(C(=O)N2CCCC2)S(=O)(=O)c2ccc(C)cc2)cc1. The fourth-order valence-electron chi connectivity index (χ4n) is 3.25. The largest absolute Gasteiger partial charge is 0.350 e. The van der Waals surface area contributed by atoms with Crippen molar-refractivity contribution in [2.24, 2.45) is 0 Å². The van der Waals surface area contributed by atoms with E-state index < -0.39 is 28.5 Å². The summed E-state index contributed by atoms with van der Waals surface area (Å²) >= 11 is 0. The van der Waals surface area contributed by atoms with Crippen LogP contribution in [0.3, 0.4) is 0 Å². The summed E-state index contributed by atoms with van der Waals surface area (Å²) in [6, 6.07) is 13.3. The van der Waals surface area contributed by atoms with E-state index in [0.717, 1.165) is 29.5 Å². The van der Waals surface area contributed by atoms with Gasteiger partial charge in [-0.1, -0.05) is 47.5 Å². The molecule has 2 aromatic carbocycles. The number of nitrogens with one attached hydrogen (secondary N) is 1. The van der Waals surface area contributed by atoms with Crippen LogP contribution in [0.25, 0.3) is 0 Å². The molecule has 0 bridgehead atoms. The molecule has 1 aliphatic heterocycles. The van der Waals surface area contributed by atoms with Crippen LogP contribution in [-0.2, 0) is 21.4 Å². The van der Waals surface area contributed by atoms with E-state index in [0.29, 0.717) is 17.4 Å². The third-order valence-corrected chi connectivity index (χ3v) is 6.83. The lowest BCUT2D eigenvalue weighted by Crippen LogP contribution is -2.49. The van der Waals surface area contributed by atoms with Gasteiger partial charge < -0.3 is 10.2 Å². The monoisotopic (exact) mass is 429 g/mol. The third kappa shape index (κ3) is 5.18. The van der Waals surface area contributed by atoms with E-state index in [9.17, 15) is 18.0 Å². The number of hydrogen-bond acceptors (Lipinski definition) is 4. The maximum atomic E-state index is 13.2. The standard InChI is InChI=1S/C22H27N3O4S/c1-17-5-9-19(10-6-17)15-23-21(26)16-25(22(27)24-13-3-4-14-24)30(28,29)20-11-7-18(2)8-12-20/h5-12H,3-4,13-16H2,1-2H3,(H,23,26). The van der Waals surface area contributed by atoms with Crippen LogP contribution in [0.4, 0.5) is 4.79 Å². The normalized spacial score (nSPS) is 13.9. The maximum Gasteiger partial charge on any atom is 0.334 e. The predicted octanol–water partition coefficient (Wildman–Crippen LogP) is 2.83. The molecular formula is C22H27N3O4S. The van der Waals surface area contributed by atoms with Crippen molar-refractivity contribution in [3.05, 3.63) is 65.2 Å². The number of aryl methyl sites for hydroxylation is 2. The molecule has 8 heteroatoms. The highest BCUT2D eigenvalue weighted by Gasteiger charge is 2.35. The van der Waals surface area contributed by atoms with Crippen LogP contribution in [0.15, 0.2) is 53.4 Å². The number of sulfonamides is 1. The first-order valence-corrected chi connectivity index (χ1v) is 11.4. The van der Waals surface area contributed by atoms with Gasteiger partial charge in [0.15, 0.2) is 0 Å². The fourth-order valence-corrected chi connectivity index (χ4v) is 4.59. The van der Waals surface area contributed by atoms with Gasteiger partial charge in [0.05, 0.1) is 4.90 Å². The van der Waals surface area contributed by atoms with Crippen LogP contribution < -0.4 is 5.32 Å². The Morgan fingerprint density at radius 2 is 1.47 bits per heavy atom. The quantitative estimate of drug-likeness (QED) is 0.765. The summed E-state index contributed by atoms with van der Waals surface area (Å²) in [6.07, 6.45) is 1.65. The van der Waals surface area contributed by atoms with Crippen molar-refractivity contribution in [1.29, 1.82) is 0 Å². The number of benzene rings is 2. The minimum atomic E-state index is -4.16. The summed E-state index contributed by atoms with van der Waals surface area (Å²) < 4.78 is 27.1. The molecule has 0 aromatic heterocycles. The van der Waals surface area contributed by atoms with Gasteiger partial charge in [-0.25, -0.2) is 17.5 Å². The Morgan fingerprint density at radius 1 is 0.933 bits per heavy atom. The van der Waals surface area contributed by atoms with Gasteiger partial charge in [0.25, 0.3) is 10.0 Å². The first-order valence-electron chi connectivity index (χ1n) is 9.98. The molecule has 1 saturated heterocycles. The number of urea groups is 1. The molecule has 1 fully saturated rings. The Labute approximate surface area is 177 Å². The van der Waals surface area contributed by atoms with Crippen molar-refractivity contribution in [2.75, 3.05) is 19.6 Å². The van der Waals surface area contributed by atoms with Crippen molar-refractivity contribution in [2.45, 2.75) is 38.1 Å². The van der Waals surface area contributed by atoms with Gasteiger partial charge in [-0.3, -0.25) is 4.79 Å². The van der Waals surface area contributed by atoms with Crippen LogP contribution in [0, 0.1) is 13.8 Å². The smallest absolute Gasteiger partial charge is 0.334 e. The Balaban J connectivity index is 1.78. The van der Waals surface area contributed by atoms with E-state index in [1.165, 1.54) is 17.0 Å². The Bertz CT molecular complexity index is 996. The highest BCUT2D eigenvalue weighted by Crippen LogP contribution is 2.20. The molecule has 0 aliphatic carbocycles. The number of carbonyl (C=O) groups excluding carboxylic acids is 2. The number of likely N-dealkylation sites (tertiary alicyclic amines) is 1. The van der Waals surface area contributed by atoms with Gasteiger partial charge in [0.2, 0.25) is 5.91 Å². The molecule has 0 unspecified atom stereocenters. The summed E-state index contributed by atoms with van der Waals surface area (Å²) in [5.41, 5.74) is 2.91. The van der Waals surface area contributed by atoms with Gasteiger partial charge in [-0.2, -0.15) is 0 Å². The van der Waals surface area contributed by atoms with Crippen molar-refractivity contribution in [3.63, 3.8) is 0 Å². The number of nitrogens with zero attached hydrogens (tertiary/aromatic N) is 2. The first-order chi connectivity index (χ1) is 14.3. The summed E-state index contributed by atoms with van der Waals surface area (Å²) in [4.78, 5) is 27.0. The third-order valence-electron chi connectivity index (χ3n) is 5.10. The molecule has 160 valence electrons. The molecule has 1 heterocycles. The molecular weight excluding hydrogens is 402 g/mol. The highest BCUT2D eigenvalue weighted by molar-refractivity contribution is 7.89. The molecule has 3 amide bonds. The maximum absolute atomic E-state index is 13.2. The topological polar surface area (TPSA) is 86.8 Å². The molecule has 1 aliphatic rings. The van der Waals surface area contributed by atoms with Crippen LogP contribution >= 0.6 is 0 Å². The molecule has 0 atom stereocenters. The van der Waals surface area contributed by atoms with Crippen LogP contribution in [0.5, 0.6) is 0 Å². The second kappa shape index (κ2) is 9.30. The van der Waals surface area contributed by atoms with Crippen LogP contribution in [0.1, 0.15) is 29.5 Å². The molecule has 0 radical (unpaired) electrons. The molecule has 7 nitrogen and oxygen atoms in total. The van der Waals surface area contributed by atoms with Crippen molar-refractivity contribution in [1.82, 2.24) is 14.5 Å².